The minimum atomic E-state index is -0.937. The molecule has 0 aromatic carbocycles. The molecule has 0 bridgehead atoms. The third-order valence-electron chi connectivity index (χ3n) is 3.38. The van der Waals surface area contributed by atoms with Crippen LogP contribution >= 0.6 is 15.9 Å². The number of carbonyl (C=O) groups is 2. The molecule has 5 nitrogen and oxygen atoms in total. The Morgan fingerprint density at radius 2 is 2.26 bits per heavy atom. The summed E-state index contributed by atoms with van der Waals surface area (Å²) in [7, 11) is 0. The zero-order valence-electron chi connectivity index (χ0n) is 10.5. The molecule has 19 heavy (non-hydrogen) atoms. The van der Waals surface area contributed by atoms with Crippen molar-refractivity contribution in [1.29, 1.82) is 0 Å². The first-order valence-corrected chi connectivity index (χ1v) is 6.93. The number of likely N-dealkylation sites (tertiary alicyclic amines) is 1. The number of nitrogens with zero attached hydrogens (tertiary/aromatic N) is 2. The van der Waals surface area contributed by atoms with Gasteiger partial charge < -0.3 is 10.0 Å². The SMILES string of the molecule is CC1CCN(C(=O)c2ccnc(Br)c2)C(C(=O)O)C1. The molecule has 1 aromatic heterocycles. The van der Waals surface area contributed by atoms with Crippen molar-refractivity contribution < 1.29 is 14.7 Å². The number of rotatable bonds is 2. The number of amides is 1. The van der Waals surface area contributed by atoms with Gasteiger partial charge in [-0.15, -0.1) is 0 Å². The Bertz CT molecular complexity index is 506. The number of hydrogen-bond acceptors (Lipinski definition) is 3. The fourth-order valence-corrected chi connectivity index (χ4v) is 2.68. The smallest absolute Gasteiger partial charge is 0.326 e. The van der Waals surface area contributed by atoms with E-state index in [2.05, 4.69) is 20.9 Å². The monoisotopic (exact) mass is 326 g/mol. The summed E-state index contributed by atoms with van der Waals surface area (Å²) in [6.07, 6.45) is 2.87. The number of pyridine rings is 1. The average Bonchev–Trinajstić information content (AvgIpc) is 2.37. The van der Waals surface area contributed by atoms with Gasteiger partial charge in [0.2, 0.25) is 0 Å². The minimum Gasteiger partial charge on any atom is -0.480 e. The topological polar surface area (TPSA) is 70.5 Å². The Balaban J connectivity index is 2.24. The fraction of sp³-hybridized carbons (Fsp3) is 0.462. The molecule has 1 saturated heterocycles. The van der Waals surface area contributed by atoms with Gasteiger partial charge in [0.25, 0.3) is 5.91 Å². The number of aliphatic carboxylic acids is 1. The predicted molar refractivity (Wildman–Crippen MR) is 72.8 cm³/mol. The molecule has 1 aliphatic rings. The average molecular weight is 327 g/mol. The molecule has 0 saturated carbocycles. The molecule has 6 heteroatoms. The number of carboxylic acids is 1. The van der Waals surface area contributed by atoms with Crippen LogP contribution in [0.3, 0.4) is 0 Å². The molecule has 1 N–H and O–H groups in total. The standard InChI is InChI=1S/C13H15BrN2O3/c1-8-3-5-16(10(6-8)13(18)19)12(17)9-2-4-15-11(14)7-9/h2,4,7-8,10H,3,5-6H2,1H3,(H,18,19). The van der Waals surface area contributed by atoms with Crippen LogP contribution in [0.2, 0.25) is 0 Å². The fourth-order valence-electron chi connectivity index (χ4n) is 2.32. The second-order valence-electron chi connectivity index (χ2n) is 4.85. The van der Waals surface area contributed by atoms with E-state index in [0.717, 1.165) is 6.42 Å². The second kappa shape index (κ2) is 5.69. The first kappa shape index (κ1) is 14.0. The van der Waals surface area contributed by atoms with Gasteiger partial charge in [-0.1, -0.05) is 6.92 Å². The number of piperidine rings is 1. The summed E-state index contributed by atoms with van der Waals surface area (Å²) < 4.78 is 0.565. The zero-order valence-corrected chi connectivity index (χ0v) is 12.1. The van der Waals surface area contributed by atoms with Gasteiger partial charge in [-0.3, -0.25) is 4.79 Å². The predicted octanol–water partition coefficient (Wildman–Crippen LogP) is 2.17. The van der Waals surface area contributed by atoms with Crippen molar-refractivity contribution in [2.45, 2.75) is 25.8 Å². The Hall–Kier alpha value is -1.43. The number of carboxylic acid groups (broad SMARTS) is 1. The Kier molecular flexibility index (Phi) is 4.19. The molecule has 0 aliphatic carbocycles. The summed E-state index contributed by atoms with van der Waals surface area (Å²) in [5, 5.41) is 9.26. The highest BCUT2D eigenvalue weighted by molar-refractivity contribution is 9.10. The maximum absolute atomic E-state index is 12.4. The highest BCUT2D eigenvalue weighted by atomic mass is 79.9. The number of hydrogen-bond donors (Lipinski definition) is 1. The van der Waals surface area contributed by atoms with Gasteiger partial charge >= 0.3 is 5.97 Å². The van der Waals surface area contributed by atoms with E-state index >= 15 is 0 Å². The summed E-state index contributed by atoms with van der Waals surface area (Å²) in [5.41, 5.74) is 0.461. The molecule has 1 aliphatic heterocycles. The summed E-state index contributed by atoms with van der Waals surface area (Å²) in [6.45, 7) is 2.50. The van der Waals surface area contributed by atoms with Crippen LogP contribution in [0.4, 0.5) is 0 Å². The van der Waals surface area contributed by atoms with Crippen molar-refractivity contribution >= 4 is 27.8 Å². The lowest BCUT2D eigenvalue weighted by Crippen LogP contribution is -2.49. The molecule has 2 atom stereocenters. The van der Waals surface area contributed by atoms with Crippen molar-refractivity contribution in [1.82, 2.24) is 9.88 Å². The van der Waals surface area contributed by atoms with E-state index in [1.165, 1.54) is 11.1 Å². The highest BCUT2D eigenvalue weighted by Crippen LogP contribution is 2.24. The zero-order chi connectivity index (χ0) is 14.0. The van der Waals surface area contributed by atoms with Crippen LogP contribution in [-0.4, -0.2) is 39.5 Å². The third-order valence-corrected chi connectivity index (χ3v) is 3.82. The molecular formula is C13H15BrN2O3. The Morgan fingerprint density at radius 3 is 2.89 bits per heavy atom. The van der Waals surface area contributed by atoms with Gasteiger partial charge in [0.15, 0.2) is 0 Å². The van der Waals surface area contributed by atoms with Crippen LogP contribution in [0.25, 0.3) is 0 Å². The van der Waals surface area contributed by atoms with Crippen LogP contribution in [0.15, 0.2) is 22.9 Å². The van der Waals surface area contributed by atoms with Gasteiger partial charge in [-0.05, 0) is 46.8 Å². The Morgan fingerprint density at radius 1 is 1.53 bits per heavy atom. The van der Waals surface area contributed by atoms with E-state index in [9.17, 15) is 14.7 Å². The van der Waals surface area contributed by atoms with Crippen LogP contribution in [0.5, 0.6) is 0 Å². The van der Waals surface area contributed by atoms with E-state index in [1.807, 2.05) is 6.92 Å². The number of carbonyl (C=O) groups excluding carboxylic acids is 1. The third kappa shape index (κ3) is 3.12. The molecule has 2 unspecified atom stereocenters. The van der Waals surface area contributed by atoms with Gasteiger partial charge in [-0.25, -0.2) is 9.78 Å². The molecule has 102 valence electrons. The lowest BCUT2D eigenvalue weighted by atomic mass is 9.92. The van der Waals surface area contributed by atoms with Crippen LogP contribution in [-0.2, 0) is 4.79 Å². The molecule has 0 radical (unpaired) electrons. The molecule has 1 amide bonds. The van der Waals surface area contributed by atoms with Crippen molar-refractivity contribution in [3.05, 3.63) is 28.5 Å². The van der Waals surface area contributed by atoms with E-state index in [-0.39, 0.29) is 5.91 Å². The van der Waals surface area contributed by atoms with Crippen LogP contribution < -0.4 is 0 Å². The summed E-state index contributed by atoms with van der Waals surface area (Å²) >= 11 is 3.21. The highest BCUT2D eigenvalue weighted by Gasteiger charge is 2.35. The van der Waals surface area contributed by atoms with Crippen molar-refractivity contribution in [3.8, 4) is 0 Å². The van der Waals surface area contributed by atoms with E-state index < -0.39 is 12.0 Å². The quantitative estimate of drug-likeness (QED) is 0.845. The molecule has 0 spiro atoms. The lowest BCUT2D eigenvalue weighted by molar-refractivity contribution is -0.144. The maximum Gasteiger partial charge on any atom is 0.326 e. The van der Waals surface area contributed by atoms with Crippen molar-refractivity contribution in [3.63, 3.8) is 0 Å². The summed E-state index contributed by atoms with van der Waals surface area (Å²) in [6, 6.07) is 2.48. The molecule has 1 aromatic rings. The summed E-state index contributed by atoms with van der Waals surface area (Å²) in [4.78, 5) is 29.1. The van der Waals surface area contributed by atoms with E-state index in [1.54, 1.807) is 12.1 Å². The number of halogens is 1. The van der Waals surface area contributed by atoms with E-state index in [4.69, 9.17) is 0 Å². The Labute approximate surface area is 119 Å². The largest absolute Gasteiger partial charge is 0.480 e. The summed E-state index contributed by atoms with van der Waals surface area (Å²) in [5.74, 6) is -0.857. The molecule has 1 fully saturated rings. The first-order chi connectivity index (χ1) is 8.99. The molecular weight excluding hydrogens is 312 g/mol. The van der Waals surface area contributed by atoms with Gasteiger partial charge in [-0.2, -0.15) is 0 Å². The van der Waals surface area contributed by atoms with Gasteiger partial charge in [0.1, 0.15) is 10.6 Å². The van der Waals surface area contributed by atoms with Gasteiger partial charge in [0.05, 0.1) is 0 Å². The number of aromatic nitrogens is 1. The minimum absolute atomic E-state index is 0.248. The lowest BCUT2D eigenvalue weighted by Gasteiger charge is -2.36. The van der Waals surface area contributed by atoms with E-state index in [0.29, 0.717) is 29.1 Å². The van der Waals surface area contributed by atoms with Crippen molar-refractivity contribution in [2.24, 2.45) is 5.92 Å². The first-order valence-electron chi connectivity index (χ1n) is 6.14. The van der Waals surface area contributed by atoms with Crippen LogP contribution in [0.1, 0.15) is 30.1 Å². The maximum atomic E-state index is 12.4. The molecule has 2 rings (SSSR count). The normalized spacial score (nSPS) is 23.2. The van der Waals surface area contributed by atoms with Crippen LogP contribution in [0, 0.1) is 5.92 Å². The molecule has 2 heterocycles. The van der Waals surface area contributed by atoms with Crippen molar-refractivity contribution in [2.75, 3.05) is 6.54 Å². The second-order valence-corrected chi connectivity index (χ2v) is 5.66. The van der Waals surface area contributed by atoms with Gasteiger partial charge in [0, 0.05) is 18.3 Å².